The van der Waals surface area contributed by atoms with Gasteiger partial charge >= 0.3 is 5.97 Å². The fourth-order valence-corrected chi connectivity index (χ4v) is 4.35. The Morgan fingerprint density at radius 1 is 1.43 bits per heavy atom. The van der Waals surface area contributed by atoms with Crippen molar-refractivity contribution in [3.05, 3.63) is 33.9 Å². The van der Waals surface area contributed by atoms with Crippen LogP contribution in [-0.2, 0) is 10.0 Å². The maximum absolute atomic E-state index is 12.2. The molecule has 0 saturated heterocycles. The van der Waals surface area contributed by atoms with Crippen LogP contribution < -0.4 is 4.72 Å². The van der Waals surface area contributed by atoms with E-state index in [0.29, 0.717) is 0 Å². The molecule has 3 N–H and O–H groups in total. The highest BCUT2D eigenvalue weighted by Gasteiger charge is 2.23. The Hall–Kier alpha value is -1.84. The molecular weight excluding hydrogens is 340 g/mol. The Morgan fingerprint density at radius 2 is 2.10 bits per heavy atom. The number of phenols is 1. The molecule has 1 aromatic carbocycles. The summed E-state index contributed by atoms with van der Waals surface area (Å²) in [5, 5.41) is 18.5. The number of aryl methyl sites for hydroxylation is 1. The molecule has 0 bridgehead atoms. The van der Waals surface area contributed by atoms with Crippen LogP contribution in [-0.4, -0.2) is 29.6 Å². The minimum absolute atomic E-state index is 0.0661. The Balaban J connectivity index is 2.43. The number of benzene rings is 1. The number of nitrogens with one attached hydrogen (secondary N) is 1. The lowest BCUT2D eigenvalue weighted by Gasteiger charge is -2.09. The zero-order valence-electron chi connectivity index (χ0n) is 10.5. The van der Waals surface area contributed by atoms with Crippen LogP contribution in [0.5, 0.6) is 5.75 Å². The first-order valence-corrected chi connectivity index (χ1v) is 8.10. The average molecular weight is 349 g/mol. The summed E-state index contributed by atoms with van der Waals surface area (Å²) in [5.41, 5.74) is -0.185. The first-order valence-electron chi connectivity index (χ1n) is 5.43. The fourth-order valence-electron chi connectivity index (χ4n) is 1.54. The van der Waals surface area contributed by atoms with Gasteiger partial charge in [-0.25, -0.2) is 18.2 Å². The van der Waals surface area contributed by atoms with E-state index in [-0.39, 0.29) is 25.6 Å². The van der Waals surface area contributed by atoms with Gasteiger partial charge in [0.2, 0.25) is 0 Å². The summed E-state index contributed by atoms with van der Waals surface area (Å²) in [6, 6.07) is 3.27. The van der Waals surface area contributed by atoms with Crippen molar-refractivity contribution in [2.45, 2.75) is 11.1 Å². The normalized spacial score (nSPS) is 11.3. The first kappa shape index (κ1) is 15.5. The number of thiazole rings is 1. The van der Waals surface area contributed by atoms with Crippen molar-refractivity contribution in [2.75, 3.05) is 4.72 Å². The van der Waals surface area contributed by atoms with Crippen molar-refractivity contribution >= 4 is 44.6 Å². The van der Waals surface area contributed by atoms with Crippen molar-refractivity contribution in [2.24, 2.45) is 0 Å². The molecular formula is C11H9ClN2O5S2. The average Bonchev–Trinajstić information content (AvgIpc) is 2.71. The van der Waals surface area contributed by atoms with Gasteiger partial charge in [-0.1, -0.05) is 22.9 Å². The van der Waals surface area contributed by atoms with Crippen LogP contribution in [0.1, 0.15) is 16.1 Å². The third-order valence-corrected chi connectivity index (χ3v) is 5.70. The molecule has 0 saturated carbocycles. The number of carboxylic acids is 1. The number of nitrogens with zero attached hydrogens (tertiary/aromatic N) is 1. The molecule has 0 unspecified atom stereocenters. The predicted molar refractivity (Wildman–Crippen MR) is 77.7 cm³/mol. The van der Waals surface area contributed by atoms with E-state index in [9.17, 15) is 18.3 Å². The number of aromatic nitrogens is 1. The van der Waals surface area contributed by atoms with Crippen molar-refractivity contribution < 1.29 is 23.4 Å². The Kier molecular flexibility index (Phi) is 4.08. The van der Waals surface area contributed by atoms with Crippen LogP contribution in [0.15, 0.2) is 22.4 Å². The second kappa shape index (κ2) is 5.51. The van der Waals surface area contributed by atoms with E-state index < -0.39 is 21.7 Å². The minimum Gasteiger partial charge on any atom is -0.506 e. The third-order valence-electron chi connectivity index (χ3n) is 2.46. The molecule has 1 aromatic heterocycles. The van der Waals surface area contributed by atoms with E-state index in [2.05, 4.69) is 9.71 Å². The lowest BCUT2D eigenvalue weighted by atomic mass is 10.2. The molecule has 0 aliphatic carbocycles. The second-order valence-electron chi connectivity index (χ2n) is 3.98. The first-order chi connectivity index (χ1) is 9.70. The molecule has 0 radical (unpaired) electrons. The zero-order valence-corrected chi connectivity index (χ0v) is 12.9. The van der Waals surface area contributed by atoms with Crippen molar-refractivity contribution in [3.8, 4) is 5.75 Å². The quantitative estimate of drug-likeness (QED) is 0.730. The number of rotatable bonds is 4. The molecule has 0 fully saturated rings. The SMILES string of the molecule is Cc1nc(Cl)sc1S(=O)(=O)Nc1cc(C(=O)O)ccc1O. The standard InChI is InChI=1S/C11H9ClN2O5S2/c1-5-10(20-11(12)13-5)21(18,19)14-7-4-6(9(16)17)2-3-8(7)15/h2-4,14-15H,1H3,(H,16,17). The van der Waals surface area contributed by atoms with Crippen LogP contribution in [0.3, 0.4) is 0 Å². The van der Waals surface area contributed by atoms with Gasteiger partial charge in [0.15, 0.2) is 8.68 Å². The van der Waals surface area contributed by atoms with Crippen molar-refractivity contribution in [1.29, 1.82) is 0 Å². The molecule has 21 heavy (non-hydrogen) atoms. The summed E-state index contributed by atoms with van der Waals surface area (Å²) in [7, 11) is -4.02. The second-order valence-corrected chi connectivity index (χ2v) is 7.44. The highest BCUT2D eigenvalue weighted by Crippen LogP contribution is 2.31. The Morgan fingerprint density at radius 3 is 2.62 bits per heavy atom. The molecule has 0 aliphatic rings. The van der Waals surface area contributed by atoms with E-state index >= 15 is 0 Å². The molecule has 112 valence electrons. The van der Waals surface area contributed by atoms with Gasteiger partial charge in [0.05, 0.1) is 16.9 Å². The summed E-state index contributed by atoms with van der Waals surface area (Å²) in [6.45, 7) is 1.48. The van der Waals surface area contributed by atoms with Gasteiger partial charge in [-0.3, -0.25) is 4.72 Å². The number of anilines is 1. The van der Waals surface area contributed by atoms with Gasteiger partial charge in [-0.2, -0.15) is 0 Å². The van der Waals surface area contributed by atoms with Crippen LogP contribution in [0, 0.1) is 6.92 Å². The Labute approximate surface area is 128 Å². The van der Waals surface area contributed by atoms with Crippen molar-refractivity contribution in [3.63, 3.8) is 0 Å². The highest BCUT2D eigenvalue weighted by atomic mass is 35.5. The van der Waals surface area contributed by atoms with Gasteiger partial charge < -0.3 is 10.2 Å². The molecule has 10 heteroatoms. The number of phenolic OH excluding ortho intramolecular Hbond substituents is 1. The van der Waals surface area contributed by atoms with E-state index in [4.69, 9.17) is 16.7 Å². The van der Waals surface area contributed by atoms with E-state index in [1.165, 1.54) is 6.92 Å². The van der Waals surface area contributed by atoms with Gasteiger partial charge in [0.1, 0.15) is 5.75 Å². The number of sulfonamides is 1. The number of aromatic hydroxyl groups is 1. The molecule has 2 rings (SSSR count). The van der Waals surface area contributed by atoms with Gasteiger partial charge in [0, 0.05) is 0 Å². The lowest BCUT2D eigenvalue weighted by Crippen LogP contribution is -2.13. The summed E-state index contributed by atoms with van der Waals surface area (Å²) in [4.78, 5) is 14.7. The zero-order chi connectivity index (χ0) is 15.8. The van der Waals surface area contributed by atoms with Gasteiger partial charge in [-0.05, 0) is 25.1 Å². The molecule has 0 aliphatic heterocycles. The number of halogens is 1. The fraction of sp³-hybridized carbons (Fsp3) is 0.0909. The largest absolute Gasteiger partial charge is 0.506 e. The molecule has 1 heterocycles. The molecule has 7 nitrogen and oxygen atoms in total. The molecule has 0 amide bonds. The molecule has 0 spiro atoms. The van der Waals surface area contributed by atoms with E-state index in [1.807, 2.05) is 0 Å². The van der Waals surface area contributed by atoms with Gasteiger partial charge in [0.25, 0.3) is 10.0 Å². The maximum atomic E-state index is 12.2. The monoisotopic (exact) mass is 348 g/mol. The highest BCUT2D eigenvalue weighted by molar-refractivity contribution is 7.94. The lowest BCUT2D eigenvalue weighted by molar-refractivity contribution is 0.0697. The van der Waals surface area contributed by atoms with E-state index in [1.54, 1.807) is 0 Å². The van der Waals surface area contributed by atoms with Gasteiger partial charge in [-0.15, -0.1) is 0 Å². The predicted octanol–water partition coefficient (Wildman–Crippen LogP) is 2.31. The summed E-state index contributed by atoms with van der Waals surface area (Å²) in [6.07, 6.45) is 0. The minimum atomic E-state index is -4.02. The third kappa shape index (κ3) is 3.26. The maximum Gasteiger partial charge on any atom is 0.335 e. The van der Waals surface area contributed by atoms with Crippen LogP contribution in [0.2, 0.25) is 4.47 Å². The van der Waals surface area contributed by atoms with E-state index in [0.717, 1.165) is 29.5 Å². The Bertz CT molecular complexity index is 816. The number of hydrogen-bond donors (Lipinski definition) is 3. The summed E-state index contributed by atoms with van der Waals surface area (Å²) < 4.78 is 26.5. The summed E-state index contributed by atoms with van der Waals surface area (Å²) >= 11 is 6.42. The number of hydrogen-bond acceptors (Lipinski definition) is 6. The summed E-state index contributed by atoms with van der Waals surface area (Å²) in [5.74, 6) is -1.63. The number of carbonyl (C=O) groups is 1. The van der Waals surface area contributed by atoms with Crippen LogP contribution in [0.25, 0.3) is 0 Å². The smallest absolute Gasteiger partial charge is 0.335 e. The van der Waals surface area contributed by atoms with Crippen LogP contribution in [0.4, 0.5) is 5.69 Å². The topological polar surface area (TPSA) is 117 Å². The number of carboxylic acid groups (broad SMARTS) is 1. The number of aromatic carboxylic acids is 1. The van der Waals surface area contributed by atoms with Crippen LogP contribution >= 0.6 is 22.9 Å². The van der Waals surface area contributed by atoms with Crippen molar-refractivity contribution in [1.82, 2.24) is 4.98 Å². The molecule has 0 atom stereocenters. The molecule has 2 aromatic rings.